The topological polar surface area (TPSA) is 74.5 Å². The lowest BCUT2D eigenvalue weighted by Crippen LogP contribution is -2.28. The van der Waals surface area contributed by atoms with Crippen molar-refractivity contribution in [2.45, 2.75) is 38.7 Å². The van der Waals surface area contributed by atoms with E-state index in [2.05, 4.69) is 14.9 Å². The van der Waals surface area contributed by atoms with Crippen LogP contribution in [-0.2, 0) is 26.3 Å². The third-order valence-electron chi connectivity index (χ3n) is 2.93. The monoisotopic (exact) mass is 242 g/mol. The van der Waals surface area contributed by atoms with Gasteiger partial charge >= 0.3 is 5.97 Å². The number of carbonyl (C=O) groups is 1. The third kappa shape index (κ3) is 2.82. The number of methoxy groups -OCH3 is 2. The molecule has 0 radical (unpaired) electrons. The minimum atomic E-state index is -0.544. The number of rotatable bonds is 6. The van der Waals surface area contributed by atoms with Crippen LogP contribution in [0.4, 0.5) is 0 Å². The minimum absolute atomic E-state index is 0.0171. The summed E-state index contributed by atoms with van der Waals surface area (Å²) >= 11 is 0. The van der Waals surface area contributed by atoms with Crippen molar-refractivity contribution in [2.75, 3.05) is 14.2 Å². The zero-order chi connectivity index (χ0) is 12.9. The Morgan fingerprint density at radius 3 is 2.47 bits per heavy atom. The lowest BCUT2D eigenvalue weighted by Gasteiger charge is -2.25. The van der Waals surface area contributed by atoms with Crippen LogP contribution in [0.2, 0.25) is 0 Å². The molecule has 0 aliphatic heterocycles. The van der Waals surface area contributed by atoms with Gasteiger partial charge in [0, 0.05) is 7.11 Å². The van der Waals surface area contributed by atoms with E-state index in [1.165, 1.54) is 7.11 Å². The Balaban J connectivity index is 2.89. The summed E-state index contributed by atoms with van der Waals surface area (Å²) in [7, 11) is 2.93. The van der Waals surface area contributed by atoms with Gasteiger partial charge in [0.05, 0.1) is 7.11 Å². The molecule has 1 heterocycles. The van der Waals surface area contributed by atoms with Crippen LogP contribution in [0.15, 0.2) is 4.52 Å². The molecule has 1 rings (SSSR count). The zero-order valence-corrected chi connectivity index (χ0v) is 10.6. The molecule has 0 amide bonds. The standard InChI is InChI=1S/C11H18N2O4/c1-5-11(6-2,16-4)10-12-8(17-13-10)7-9(14)15-3/h5-7H2,1-4H3. The maximum atomic E-state index is 11.1. The van der Waals surface area contributed by atoms with Crippen molar-refractivity contribution in [3.8, 4) is 0 Å². The first-order valence-corrected chi connectivity index (χ1v) is 5.56. The molecule has 17 heavy (non-hydrogen) atoms. The third-order valence-corrected chi connectivity index (χ3v) is 2.93. The average Bonchev–Trinajstić information content (AvgIpc) is 2.81. The molecule has 1 aromatic heterocycles. The second-order valence-electron chi connectivity index (χ2n) is 3.67. The highest BCUT2D eigenvalue weighted by Crippen LogP contribution is 2.29. The molecule has 6 heteroatoms. The fraction of sp³-hybridized carbons (Fsp3) is 0.727. The summed E-state index contributed by atoms with van der Waals surface area (Å²) < 4.78 is 15.0. The molecule has 0 aliphatic carbocycles. The molecule has 1 aromatic rings. The van der Waals surface area contributed by atoms with E-state index in [1.807, 2.05) is 13.8 Å². The van der Waals surface area contributed by atoms with Crippen molar-refractivity contribution in [1.82, 2.24) is 10.1 Å². The van der Waals surface area contributed by atoms with Crippen LogP contribution in [-0.4, -0.2) is 30.3 Å². The number of esters is 1. The van der Waals surface area contributed by atoms with Crippen molar-refractivity contribution in [3.63, 3.8) is 0 Å². The van der Waals surface area contributed by atoms with Crippen molar-refractivity contribution >= 4 is 5.97 Å². The van der Waals surface area contributed by atoms with E-state index < -0.39 is 11.6 Å². The normalized spacial score (nSPS) is 11.5. The maximum absolute atomic E-state index is 11.1. The van der Waals surface area contributed by atoms with E-state index >= 15 is 0 Å². The summed E-state index contributed by atoms with van der Waals surface area (Å²) in [6.07, 6.45) is 1.45. The Bertz CT molecular complexity index is 363. The predicted molar refractivity (Wildman–Crippen MR) is 59.3 cm³/mol. The van der Waals surface area contributed by atoms with Gasteiger partial charge in [0.25, 0.3) is 0 Å². The van der Waals surface area contributed by atoms with Crippen LogP contribution in [0.5, 0.6) is 0 Å². The van der Waals surface area contributed by atoms with E-state index in [4.69, 9.17) is 9.26 Å². The molecule has 0 unspecified atom stereocenters. The summed E-state index contributed by atoms with van der Waals surface area (Å²) in [5.74, 6) is 0.315. The van der Waals surface area contributed by atoms with Gasteiger partial charge in [0.2, 0.25) is 11.7 Å². The van der Waals surface area contributed by atoms with E-state index in [0.717, 1.165) is 12.8 Å². The molecule has 6 nitrogen and oxygen atoms in total. The number of nitrogens with zero attached hydrogens (tertiary/aromatic N) is 2. The number of ether oxygens (including phenoxy) is 2. The Kier molecular flexibility index (Phi) is 4.62. The summed E-state index contributed by atoms with van der Waals surface area (Å²) in [5.41, 5.74) is -0.544. The molecular weight excluding hydrogens is 224 g/mol. The fourth-order valence-corrected chi connectivity index (χ4v) is 1.65. The zero-order valence-electron chi connectivity index (χ0n) is 10.6. The highest BCUT2D eigenvalue weighted by molar-refractivity contribution is 5.71. The SMILES string of the molecule is CCC(CC)(OC)c1noc(CC(=O)OC)n1. The van der Waals surface area contributed by atoms with Crippen LogP contribution < -0.4 is 0 Å². The van der Waals surface area contributed by atoms with E-state index in [0.29, 0.717) is 5.82 Å². The van der Waals surface area contributed by atoms with Crippen molar-refractivity contribution in [3.05, 3.63) is 11.7 Å². The van der Waals surface area contributed by atoms with Gasteiger partial charge in [0.15, 0.2) is 0 Å². The Hall–Kier alpha value is -1.43. The predicted octanol–water partition coefficient (Wildman–Crippen LogP) is 1.45. The highest BCUT2D eigenvalue weighted by Gasteiger charge is 2.33. The second-order valence-corrected chi connectivity index (χ2v) is 3.67. The summed E-state index contributed by atoms with van der Waals surface area (Å²) in [4.78, 5) is 15.2. The van der Waals surface area contributed by atoms with Crippen LogP contribution in [0.1, 0.15) is 38.4 Å². The quantitative estimate of drug-likeness (QED) is 0.703. The van der Waals surface area contributed by atoms with Gasteiger partial charge in [-0.3, -0.25) is 4.79 Å². The van der Waals surface area contributed by atoms with Crippen LogP contribution in [0.25, 0.3) is 0 Å². The van der Waals surface area contributed by atoms with Gasteiger partial charge in [-0.2, -0.15) is 4.98 Å². The minimum Gasteiger partial charge on any atom is -0.469 e. The number of hydrogen-bond acceptors (Lipinski definition) is 6. The molecule has 0 saturated carbocycles. The molecule has 0 bridgehead atoms. The molecule has 0 aromatic carbocycles. The smallest absolute Gasteiger partial charge is 0.315 e. The molecule has 0 atom stereocenters. The lowest BCUT2D eigenvalue weighted by molar-refractivity contribution is -0.140. The van der Waals surface area contributed by atoms with Gasteiger partial charge in [0.1, 0.15) is 12.0 Å². The van der Waals surface area contributed by atoms with Gasteiger partial charge in [-0.1, -0.05) is 19.0 Å². The Labute approximate surface area is 100 Å². The summed E-state index contributed by atoms with van der Waals surface area (Å²) in [5, 5.41) is 3.87. The summed E-state index contributed by atoms with van der Waals surface area (Å²) in [6, 6.07) is 0. The first kappa shape index (κ1) is 13.6. The molecule has 0 aliphatic rings. The first-order valence-electron chi connectivity index (χ1n) is 5.56. The van der Waals surface area contributed by atoms with Gasteiger partial charge in [-0.25, -0.2) is 0 Å². The molecule has 96 valence electrons. The molecule has 0 fully saturated rings. The lowest BCUT2D eigenvalue weighted by atomic mass is 9.96. The number of aromatic nitrogens is 2. The number of hydrogen-bond donors (Lipinski definition) is 0. The Morgan fingerprint density at radius 2 is 2.00 bits per heavy atom. The Morgan fingerprint density at radius 1 is 1.35 bits per heavy atom. The molecular formula is C11H18N2O4. The number of carbonyl (C=O) groups excluding carboxylic acids is 1. The fourth-order valence-electron chi connectivity index (χ4n) is 1.65. The van der Waals surface area contributed by atoms with Gasteiger partial charge in [-0.05, 0) is 12.8 Å². The largest absolute Gasteiger partial charge is 0.469 e. The van der Waals surface area contributed by atoms with Crippen molar-refractivity contribution in [1.29, 1.82) is 0 Å². The van der Waals surface area contributed by atoms with E-state index in [-0.39, 0.29) is 12.3 Å². The maximum Gasteiger partial charge on any atom is 0.315 e. The second kappa shape index (κ2) is 5.77. The molecule has 0 saturated heterocycles. The first-order chi connectivity index (χ1) is 8.11. The van der Waals surface area contributed by atoms with E-state index in [1.54, 1.807) is 7.11 Å². The highest BCUT2D eigenvalue weighted by atomic mass is 16.5. The molecule has 0 N–H and O–H groups in total. The van der Waals surface area contributed by atoms with Crippen molar-refractivity contribution in [2.24, 2.45) is 0 Å². The van der Waals surface area contributed by atoms with Crippen LogP contribution in [0, 0.1) is 0 Å². The summed E-state index contributed by atoms with van der Waals surface area (Å²) in [6.45, 7) is 3.98. The van der Waals surface area contributed by atoms with E-state index in [9.17, 15) is 4.79 Å². The van der Waals surface area contributed by atoms with Crippen molar-refractivity contribution < 1.29 is 18.8 Å². The van der Waals surface area contributed by atoms with Gasteiger partial charge in [-0.15, -0.1) is 0 Å². The average molecular weight is 242 g/mol. The van der Waals surface area contributed by atoms with Crippen LogP contribution >= 0.6 is 0 Å². The van der Waals surface area contributed by atoms with Crippen LogP contribution in [0.3, 0.4) is 0 Å². The van der Waals surface area contributed by atoms with Gasteiger partial charge < -0.3 is 14.0 Å². The molecule has 0 spiro atoms.